The summed E-state index contributed by atoms with van der Waals surface area (Å²) in [5, 5.41) is 0. The number of unbranched alkanes of at least 4 members (excludes halogenated alkanes) is 2. The van der Waals surface area contributed by atoms with Crippen LogP contribution in [0.15, 0.2) is 78.9 Å². The largest absolute Gasteiger partial charge is 0.302 e. The fourth-order valence-electron chi connectivity index (χ4n) is 5.12. The molecule has 0 heterocycles. The first-order valence-corrected chi connectivity index (χ1v) is 11.6. The van der Waals surface area contributed by atoms with Crippen LogP contribution < -0.4 is 0 Å². The number of likely N-dealkylation sites (N-methyl/N-ethyl adjacent to an activating group) is 1. The maximum atomic E-state index is 2.64. The molecule has 0 N–H and O–H groups in total. The highest BCUT2D eigenvalue weighted by Crippen LogP contribution is 2.39. The second-order valence-electron chi connectivity index (χ2n) is 8.90. The lowest BCUT2D eigenvalue weighted by molar-refractivity contribution is 0.215. The molecular weight excluding hydrogens is 398 g/mol. The van der Waals surface area contributed by atoms with Crippen molar-refractivity contribution in [1.82, 2.24) is 4.90 Å². The molecule has 0 saturated heterocycles. The first-order valence-electron chi connectivity index (χ1n) is 11.6. The van der Waals surface area contributed by atoms with Crippen LogP contribution in [0.1, 0.15) is 59.9 Å². The minimum absolute atomic E-state index is 0. The third-order valence-electron chi connectivity index (χ3n) is 6.82. The second kappa shape index (κ2) is 11.5. The lowest BCUT2D eigenvalue weighted by Gasteiger charge is -2.31. The molecule has 31 heavy (non-hydrogen) atoms. The van der Waals surface area contributed by atoms with Crippen molar-refractivity contribution in [3.63, 3.8) is 0 Å². The van der Waals surface area contributed by atoms with Crippen LogP contribution >= 0.6 is 12.4 Å². The van der Waals surface area contributed by atoms with Gasteiger partial charge in [-0.1, -0.05) is 98.6 Å². The average molecular weight is 434 g/mol. The normalized spacial score (nSPS) is 17.4. The molecule has 2 atom stereocenters. The van der Waals surface area contributed by atoms with Gasteiger partial charge in [-0.3, -0.25) is 0 Å². The van der Waals surface area contributed by atoms with Crippen molar-refractivity contribution >= 4 is 12.4 Å². The molecule has 0 radical (unpaired) electrons. The van der Waals surface area contributed by atoms with Crippen LogP contribution in [0.2, 0.25) is 0 Å². The van der Waals surface area contributed by atoms with Crippen molar-refractivity contribution in [2.24, 2.45) is 0 Å². The highest BCUT2D eigenvalue weighted by molar-refractivity contribution is 5.85. The standard InChI is InChI=1S/C29H35N.ClH/c1-3-4-12-19-30(2)29-22-26-17-10-11-18-27(26)28(29)21-25-16-9-8-15-24(25)20-23-13-6-5-7-14-23;/h5-11,13-18,28-29H,3-4,12,19-22H2,1-2H3;1H/t28-,29-;/m1./s1. The molecule has 1 aliphatic carbocycles. The van der Waals surface area contributed by atoms with E-state index in [2.05, 4.69) is 97.7 Å². The lowest BCUT2D eigenvalue weighted by atomic mass is 9.87. The van der Waals surface area contributed by atoms with E-state index in [4.69, 9.17) is 0 Å². The monoisotopic (exact) mass is 433 g/mol. The van der Waals surface area contributed by atoms with E-state index in [1.165, 1.54) is 48.9 Å². The lowest BCUT2D eigenvalue weighted by Crippen LogP contribution is -2.36. The van der Waals surface area contributed by atoms with Gasteiger partial charge >= 0.3 is 0 Å². The summed E-state index contributed by atoms with van der Waals surface area (Å²) in [7, 11) is 2.34. The number of fused-ring (bicyclic) bond motifs is 1. The molecule has 0 amide bonds. The molecule has 3 aromatic carbocycles. The Kier molecular flexibility index (Phi) is 8.75. The first-order chi connectivity index (χ1) is 14.8. The van der Waals surface area contributed by atoms with Gasteiger partial charge in [0.05, 0.1) is 0 Å². The molecule has 0 aliphatic heterocycles. The maximum Gasteiger partial charge on any atom is 0.0205 e. The Labute approximate surface area is 194 Å². The van der Waals surface area contributed by atoms with Crippen LogP contribution in [0, 0.1) is 0 Å². The van der Waals surface area contributed by atoms with Crippen LogP contribution in [-0.4, -0.2) is 24.5 Å². The molecule has 164 valence electrons. The van der Waals surface area contributed by atoms with Gasteiger partial charge in [0, 0.05) is 12.0 Å². The predicted octanol–water partition coefficient (Wildman–Crippen LogP) is 7.07. The maximum absolute atomic E-state index is 2.64. The van der Waals surface area contributed by atoms with Crippen molar-refractivity contribution < 1.29 is 0 Å². The number of hydrogen-bond donors (Lipinski definition) is 0. The van der Waals surface area contributed by atoms with E-state index in [0.717, 1.165) is 12.8 Å². The van der Waals surface area contributed by atoms with E-state index < -0.39 is 0 Å². The molecule has 4 rings (SSSR count). The predicted molar refractivity (Wildman–Crippen MR) is 135 cm³/mol. The van der Waals surface area contributed by atoms with Gasteiger partial charge in [0.1, 0.15) is 0 Å². The van der Waals surface area contributed by atoms with Crippen LogP contribution in [0.3, 0.4) is 0 Å². The summed E-state index contributed by atoms with van der Waals surface area (Å²) in [6, 6.07) is 29.7. The van der Waals surface area contributed by atoms with E-state index in [0.29, 0.717) is 12.0 Å². The fraction of sp³-hybridized carbons (Fsp3) is 0.379. The zero-order valence-electron chi connectivity index (χ0n) is 19.0. The molecule has 0 spiro atoms. The van der Waals surface area contributed by atoms with Crippen molar-refractivity contribution in [1.29, 1.82) is 0 Å². The van der Waals surface area contributed by atoms with E-state index in [1.807, 2.05) is 0 Å². The molecule has 0 bridgehead atoms. The highest BCUT2D eigenvalue weighted by Gasteiger charge is 2.34. The van der Waals surface area contributed by atoms with E-state index in [1.54, 1.807) is 11.1 Å². The summed E-state index contributed by atoms with van der Waals surface area (Å²) >= 11 is 0. The number of nitrogens with zero attached hydrogens (tertiary/aromatic N) is 1. The van der Waals surface area contributed by atoms with Gasteiger partial charge in [0.15, 0.2) is 0 Å². The fourth-order valence-corrected chi connectivity index (χ4v) is 5.12. The van der Waals surface area contributed by atoms with Gasteiger partial charge in [0.25, 0.3) is 0 Å². The smallest absolute Gasteiger partial charge is 0.0205 e. The van der Waals surface area contributed by atoms with Crippen molar-refractivity contribution in [3.05, 3.63) is 107 Å². The molecule has 0 aromatic heterocycles. The average Bonchev–Trinajstić information content (AvgIpc) is 3.14. The first kappa shape index (κ1) is 23.6. The van der Waals surface area contributed by atoms with Crippen molar-refractivity contribution in [3.8, 4) is 0 Å². The summed E-state index contributed by atoms with van der Waals surface area (Å²) in [5.74, 6) is 0.574. The minimum Gasteiger partial charge on any atom is -0.302 e. The Morgan fingerprint density at radius 3 is 2.26 bits per heavy atom. The minimum atomic E-state index is 0. The van der Waals surface area contributed by atoms with Crippen molar-refractivity contribution in [2.75, 3.05) is 13.6 Å². The van der Waals surface area contributed by atoms with E-state index in [-0.39, 0.29) is 12.4 Å². The number of hydrogen-bond acceptors (Lipinski definition) is 1. The molecule has 0 unspecified atom stereocenters. The molecule has 2 heteroatoms. The summed E-state index contributed by atoms with van der Waals surface area (Å²) in [4.78, 5) is 2.64. The van der Waals surface area contributed by atoms with E-state index in [9.17, 15) is 0 Å². The van der Waals surface area contributed by atoms with Gasteiger partial charge in [-0.15, -0.1) is 12.4 Å². The Balaban J connectivity index is 0.00000272. The zero-order chi connectivity index (χ0) is 20.8. The van der Waals surface area contributed by atoms with Crippen LogP contribution in [0.25, 0.3) is 0 Å². The summed E-state index contributed by atoms with van der Waals surface area (Å²) < 4.78 is 0. The van der Waals surface area contributed by atoms with Gasteiger partial charge in [0.2, 0.25) is 0 Å². The highest BCUT2D eigenvalue weighted by atomic mass is 35.5. The molecule has 0 saturated carbocycles. The van der Waals surface area contributed by atoms with Gasteiger partial charge in [-0.25, -0.2) is 0 Å². The third-order valence-corrected chi connectivity index (χ3v) is 6.82. The van der Waals surface area contributed by atoms with E-state index >= 15 is 0 Å². The van der Waals surface area contributed by atoms with Crippen LogP contribution in [-0.2, 0) is 19.3 Å². The molecule has 3 aromatic rings. The van der Waals surface area contributed by atoms with Gasteiger partial charge in [-0.2, -0.15) is 0 Å². The topological polar surface area (TPSA) is 3.24 Å². The number of rotatable bonds is 9. The molecule has 0 fully saturated rings. The van der Waals surface area contributed by atoms with Crippen LogP contribution in [0.4, 0.5) is 0 Å². The molecular formula is C29H36ClN. The number of halogens is 1. The Morgan fingerprint density at radius 1 is 0.806 bits per heavy atom. The SMILES string of the molecule is CCCCCN(C)[C@@H]1Cc2ccccc2[C@H]1Cc1ccccc1Cc1ccccc1.Cl. The quantitative estimate of drug-likeness (QED) is 0.326. The Hall–Kier alpha value is -2.09. The Bertz CT molecular complexity index is 936. The number of benzene rings is 3. The zero-order valence-corrected chi connectivity index (χ0v) is 19.8. The van der Waals surface area contributed by atoms with Gasteiger partial charge < -0.3 is 4.90 Å². The second-order valence-corrected chi connectivity index (χ2v) is 8.90. The molecule has 1 nitrogen and oxygen atoms in total. The summed E-state index contributed by atoms with van der Waals surface area (Å²) in [6.45, 7) is 3.49. The van der Waals surface area contributed by atoms with Crippen LogP contribution in [0.5, 0.6) is 0 Å². The summed E-state index contributed by atoms with van der Waals surface area (Å²) in [5.41, 5.74) is 7.50. The summed E-state index contributed by atoms with van der Waals surface area (Å²) in [6.07, 6.45) is 7.25. The third kappa shape index (κ3) is 5.79. The molecule has 1 aliphatic rings. The van der Waals surface area contributed by atoms with Crippen molar-refractivity contribution in [2.45, 2.75) is 57.4 Å². The van der Waals surface area contributed by atoms with Gasteiger partial charge in [-0.05, 0) is 67.1 Å². The Morgan fingerprint density at radius 2 is 1.48 bits per heavy atom.